The molecule has 1 aliphatic heterocycles. The van der Waals surface area contributed by atoms with Gasteiger partial charge < -0.3 is 5.43 Å². The molecule has 1 saturated heterocycles. The minimum atomic E-state index is 0.617. The first-order valence-corrected chi connectivity index (χ1v) is 7.76. The molecule has 1 aromatic heterocycles. The van der Waals surface area contributed by atoms with E-state index in [0.29, 0.717) is 6.04 Å². The molecule has 2 atom stereocenters. The standard InChI is InChI=1S/C17H24N4/c1-12-7-8-21(13(2)9-12)11-15-10-14-5-3-4-6-16(14)19-17(15)20-18/h3-6,10,12-13H,7-9,11,18H2,1-2H3,(H,19,20). The molecule has 0 bridgehead atoms. The summed E-state index contributed by atoms with van der Waals surface area (Å²) in [6.45, 7) is 6.72. The molecule has 0 amide bonds. The van der Waals surface area contributed by atoms with Gasteiger partial charge in [0.25, 0.3) is 0 Å². The number of piperidine rings is 1. The van der Waals surface area contributed by atoms with Crippen LogP contribution in [-0.4, -0.2) is 22.5 Å². The zero-order valence-corrected chi connectivity index (χ0v) is 12.8. The molecule has 21 heavy (non-hydrogen) atoms. The molecule has 3 N–H and O–H groups in total. The van der Waals surface area contributed by atoms with Crippen molar-refractivity contribution >= 4 is 16.7 Å². The zero-order chi connectivity index (χ0) is 14.8. The molecule has 112 valence electrons. The van der Waals surface area contributed by atoms with Crippen LogP contribution in [0.4, 0.5) is 5.82 Å². The molecule has 0 saturated carbocycles. The summed E-state index contributed by atoms with van der Waals surface area (Å²) in [6.07, 6.45) is 2.54. The van der Waals surface area contributed by atoms with Crippen molar-refractivity contribution in [2.24, 2.45) is 11.8 Å². The number of likely N-dealkylation sites (tertiary alicyclic amines) is 1. The first-order chi connectivity index (χ1) is 10.2. The van der Waals surface area contributed by atoms with Crippen LogP contribution in [0, 0.1) is 5.92 Å². The number of nitrogens with zero attached hydrogens (tertiary/aromatic N) is 2. The maximum Gasteiger partial charge on any atom is 0.145 e. The van der Waals surface area contributed by atoms with Gasteiger partial charge in [-0.1, -0.05) is 25.1 Å². The van der Waals surface area contributed by atoms with E-state index in [9.17, 15) is 0 Å². The molecule has 0 radical (unpaired) electrons. The van der Waals surface area contributed by atoms with Crippen LogP contribution >= 0.6 is 0 Å². The van der Waals surface area contributed by atoms with Crippen LogP contribution in [0.25, 0.3) is 10.9 Å². The highest BCUT2D eigenvalue weighted by Crippen LogP contribution is 2.27. The number of benzene rings is 1. The fraction of sp³-hybridized carbons (Fsp3) is 0.471. The molecule has 2 unspecified atom stereocenters. The highest BCUT2D eigenvalue weighted by Gasteiger charge is 2.23. The number of pyridine rings is 1. The van der Waals surface area contributed by atoms with Gasteiger partial charge in [-0.3, -0.25) is 4.90 Å². The highest BCUT2D eigenvalue weighted by molar-refractivity contribution is 5.81. The van der Waals surface area contributed by atoms with Gasteiger partial charge in [0.15, 0.2) is 0 Å². The molecular formula is C17H24N4. The number of hydrogen-bond donors (Lipinski definition) is 2. The number of aromatic nitrogens is 1. The van der Waals surface area contributed by atoms with E-state index in [-0.39, 0.29) is 0 Å². The highest BCUT2D eigenvalue weighted by atomic mass is 15.3. The normalized spacial score (nSPS) is 23.4. The summed E-state index contributed by atoms with van der Waals surface area (Å²) < 4.78 is 0. The Labute approximate surface area is 126 Å². The predicted molar refractivity (Wildman–Crippen MR) is 87.8 cm³/mol. The van der Waals surface area contributed by atoms with Gasteiger partial charge in [-0.2, -0.15) is 0 Å². The molecule has 1 fully saturated rings. The Balaban J connectivity index is 1.88. The summed E-state index contributed by atoms with van der Waals surface area (Å²) in [5.74, 6) is 7.30. The Morgan fingerprint density at radius 3 is 2.90 bits per heavy atom. The number of nitrogens with two attached hydrogens (primary N) is 1. The van der Waals surface area contributed by atoms with Crippen molar-refractivity contribution in [1.82, 2.24) is 9.88 Å². The van der Waals surface area contributed by atoms with Gasteiger partial charge in [0.2, 0.25) is 0 Å². The third kappa shape index (κ3) is 3.01. The number of hydrazine groups is 1. The number of para-hydroxylation sites is 1. The third-order valence-corrected chi connectivity index (χ3v) is 4.59. The maximum absolute atomic E-state index is 5.67. The van der Waals surface area contributed by atoms with E-state index in [2.05, 4.69) is 47.4 Å². The minimum absolute atomic E-state index is 0.617. The summed E-state index contributed by atoms with van der Waals surface area (Å²) in [5, 5.41) is 1.17. The topological polar surface area (TPSA) is 54.2 Å². The average Bonchev–Trinajstić information content (AvgIpc) is 2.49. The molecular weight excluding hydrogens is 260 g/mol. The van der Waals surface area contributed by atoms with Crippen LogP contribution < -0.4 is 11.3 Å². The van der Waals surface area contributed by atoms with Crippen molar-refractivity contribution in [2.45, 2.75) is 39.3 Å². The second-order valence-corrected chi connectivity index (χ2v) is 6.28. The summed E-state index contributed by atoms with van der Waals surface area (Å²) in [6, 6.07) is 11.0. The van der Waals surface area contributed by atoms with Crippen molar-refractivity contribution < 1.29 is 0 Å². The number of nitrogens with one attached hydrogen (secondary N) is 1. The molecule has 4 heteroatoms. The average molecular weight is 284 g/mol. The summed E-state index contributed by atoms with van der Waals surface area (Å²) in [5.41, 5.74) is 4.92. The van der Waals surface area contributed by atoms with Crippen LogP contribution in [0.3, 0.4) is 0 Å². The Bertz CT molecular complexity index is 625. The Morgan fingerprint density at radius 1 is 1.33 bits per heavy atom. The SMILES string of the molecule is CC1CCN(Cc2cc3ccccc3nc2NN)C(C)C1. The van der Waals surface area contributed by atoms with Gasteiger partial charge in [-0.05, 0) is 44.4 Å². The van der Waals surface area contributed by atoms with Crippen LogP contribution in [0.1, 0.15) is 32.3 Å². The summed E-state index contributed by atoms with van der Waals surface area (Å²) in [4.78, 5) is 7.17. The van der Waals surface area contributed by atoms with Gasteiger partial charge in [0.05, 0.1) is 5.52 Å². The van der Waals surface area contributed by atoms with Crippen molar-refractivity contribution in [3.05, 3.63) is 35.9 Å². The molecule has 0 spiro atoms. The number of rotatable bonds is 3. The van der Waals surface area contributed by atoms with Gasteiger partial charge >= 0.3 is 0 Å². The summed E-state index contributed by atoms with van der Waals surface area (Å²) in [7, 11) is 0. The van der Waals surface area contributed by atoms with Crippen molar-refractivity contribution in [1.29, 1.82) is 0 Å². The largest absolute Gasteiger partial charge is 0.308 e. The molecule has 1 aromatic carbocycles. The van der Waals surface area contributed by atoms with E-state index in [1.54, 1.807) is 0 Å². The second kappa shape index (κ2) is 6.00. The molecule has 1 aliphatic rings. The maximum atomic E-state index is 5.67. The van der Waals surface area contributed by atoms with E-state index < -0.39 is 0 Å². The van der Waals surface area contributed by atoms with Crippen LogP contribution in [-0.2, 0) is 6.54 Å². The number of hydrogen-bond acceptors (Lipinski definition) is 4. The molecule has 2 aromatic rings. The Hall–Kier alpha value is -1.65. The van der Waals surface area contributed by atoms with E-state index in [4.69, 9.17) is 5.84 Å². The summed E-state index contributed by atoms with van der Waals surface area (Å²) >= 11 is 0. The van der Waals surface area contributed by atoms with E-state index >= 15 is 0 Å². The lowest BCUT2D eigenvalue weighted by atomic mass is 9.93. The van der Waals surface area contributed by atoms with Crippen LogP contribution in [0.2, 0.25) is 0 Å². The molecule has 3 rings (SSSR count). The smallest absolute Gasteiger partial charge is 0.145 e. The fourth-order valence-electron chi connectivity index (χ4n) is 3.31. The fourth-order valence-corrected chi connectivity index (χ4v) is 3.31. The van der Waals surface area contributed by atoms with Gasteiger partial charge in [0.1, 0.15) is 5.82 Å². The van der Waals surface area contributed by atoms with Crippen LogP contribution in [0.15, 0.2) is 30.3 Å². The number of nitrogen functional groups attached to an aromatic ring is 1. The lowest BCUT2D eigenvalue weighted by Crippen LogP contribution is -2.39. The lowest BCUT2D eigenvalue weighted by molar-refractivity contribution is 0.122. The predicted octanol–water partition coefficient (Wildman–Crippen LogP) is 3.14. The number of anilines is 1. The first kappa shape index (κ1) is 14.3. The third-order valence-electron chi connectivity index (χ3n) is 4.59. The van der Waals surface area contributed by atoms with Gasteiger partial charge in [0, 0.05) is 23.5 Å². The number of fused-ring (bicyclic) bond motifs is 1. The van der Waals surface area contributed by atoms with E-state index in [0.717, 1.165) is 30.3 Å². The van der Waals surface area contributed by atoms with E-state index in [1.165, 1.54) is 23.8 Å². The minimum Gasteiger partial charge on any atom is -0.308 e. The molecule has 4 nitrogen and oxygen atoms in total. The monoisotopic (exact) mass is 284 g/mol. The van der Waals surface area contributed by atoms with Crippen molar-refractivity contribution in [2.75, 3.05) is 12.0 Å². The van der Waals surface area contributed by atoms with Crippen molar-refractivity contribution in [3.63, 3.8) is 0 Å². The molecule has 0 aliphatic carbocycles. The first-order valence-electron chi connectivity index (χ1n) is 7.76. The van der Waals surface area contributed by atoms with Crippen molar-refractivity contribution in [3.8, 4) is 0 Å². The zero-order valence-electron chi connectivity index (χ0n) is 12.8. The second-order valence-electron chi connectivity index (χ2n) is 6.28. The lowest BCUT2D eigenvalue weighted by Gasteiger charge is -2.36. The Kier molecular flexibility index (Phi) is 4.08. The Morgan fingerprint density at radius 2 is 2.14 bits per heavy atom. The quantitative estimate of drug-likeness (QED) is 0.671. The van der Waals surface area contributed by atoms with Gasteiger partial charge in [-0.25, -0.2) is 10.8 Å². The van der Waals surface area contributed by atoms with E-state index in [1.807, 2.05) is 12.1 Å². The van der Waals surface area contributed by atoms with Crippen LogP contribution in [0.5, 0.6) is 0 Å². The molecule has 2 heterocycles. The van der Waals surface area contributed by atoms with Gasteiger partial charge in [-0.15, -0.1) is 0 Å².